The van der Waals surface area contributed by atoms with E-state index in [-0.39, 0.29) is 23.5 Å². The topological polar surface area (TPSA) is 60.9 Å². The van der Waals surface area contributed by atoms with Gasteiger partial charge in [0.1, 0.15) is 0 Å². The van der Waals surface area contributed by atoms with Crippen LogP contribution >= 0.6 is 11.6 Å². The molecule has 1 unspecified atom stereocenters. The molecule has 1 aliphatic heterocycles. The zero-order valence-corrected chi connectivity index (χ0v) is 25.3. The molecule has 6 nitrogen and oxygen atoms in total. The Bertz CT molecular complexity index is 1380. The van der Waals surface area contributed by atoms with Crippen molar-refractivity contribution in [2.45, 2.75) is 46.0 Å². The monoisotopic (exact) mass is 573 g/mol. The molecule has 0 saturated carbocycles. The van der Waals surface area contributed by atoms with Gasteiger partial charge in [-0.05, 0) is 80.2 Å². The largest absolute Gasteiger partial charge is 0.344 e. The number of hydrogen-bond donors (Lipinski definition) is 0. The molecule has 0 N–H and O–H groups in total. The van der Waals surface area contributed by atoms with Gasteiger partial charge < -0.3 is 14.7 Å². The summed E-state index contributed by atoms with van der Waals surface area (Å²) in [7, 11) is 1.87. The first-order valence-electron chi connectivity index (χ1n) is 14.5. The lowest BCUT2D eigenvalue weighted by Crippen LogP contribution is -2.36. The maximum Gasteiger partial charge on any atom is 0.258 e. The van der Waals surface area contributed by atoms with Crippen molar-refractivity contribution in [1.29, 1.82) is 0 Å². The van der Waals surface area contributed by atoms with Crippen LogP contribution in [0.15, 0.2) is 66.7 Å². The third-order valence-electron chi connectivity index (χ3n) is 8.18. The van der Waals surface area contributed by atoms with Gasteiger partial charge in [0.15, 0.2) is 5.78 Å². The van der Waals surface area contributed by atoms with Crippen LogP contribution in [0.2, 0.25) is 5.02 Å². The van der Waals surface area contributed by atoms with Gasteiger partial charge in [0.25, 0.3) is 5.91 Å². The second-order valence-corrected chi connectivity index (χ2v) is 11.2. The average molecular weight is 574 g/mol. The van der Waals surface area contributed by atoms with Gasteiger partial charge in [-0.3, -0.25) is 14.4 Å². The van der Waals surface area contributed by atoms with Crippen molar-refractivity contribution in [1.82, 2.24) is 9.80 Å². The Hall–Kier alpha value is -3.48. The lowest BCUT2D eigenvalue weighted by atomic mass is 9.90. The molecule has 0 saturated heterocycles. The quantitative estimate of drug-likeness (QED) is 0.257. The molecule has 3 aromatic rings. The minimum absolute atomic E-state index is 0.0287. The van der Waals surface area contributed by atoms with E-state index in [2.05, 4.69) is 18.7 Å². The Morgan fingerprint density at radius 1 is 0.927 bits per heavy atom. The van der Waals surface area contributed by atoms with E-state index in [1.54, 1.807) is 35.2 Å². The number of amides is 2. The maximum atomic E-state index is 13.8. The Morgan fingerprint density at radius 3 is 2.29 bits per heavy atom. The van der Waals surface area contributed by atoms with E-state index < -0.39 is 0 Å². The summed E-state index contributed by atoms with van der Waals surface area (Å²) in [5.41, 5.74) is 4.35. The predicted molar refractivity (Wildman–Crippen MR) is 166 cm³/mol. The third-order valence-corrected chi connectivity index (χ3v) is 8.41. The summed E-state index contributed by atoms with van der Waals surface area (Å²) in [6.45, 7) is 10.2. The Morgan fingerprint density at radius 2 is 1.61 bits per heavy atom. The summed E-state index contributed by atoms with van der Waals surface area (Å²) in [4.78, 5) is 45.9. The van der Waals surface area contributed by atoms with Crippen LogP contribution in [-0.4, -0.2) is 67.2 Å². The van der Waals surface area contributed by atoms with Gasteiger partial charge >= 0.3 is 0 Å². The molecule has 1 heterocycles. The van der Waals surface area contributed by atoms with Crippen LogP contribution in [0.1, 0.15) is 76.4 Å². The summed E-state index contributed by atoms with van der Waals surface area (Å²) in [5.74, 6) is -0.126. The fourth-order valence-corrected chi connectivity index (χ4v) is 5.70. The fourth-order valence-electron chi connectivity index (χ4n) is 5.52. The van der Waals surface area contributed by atoms with Crippen molar-refractivity contribution in [3.05, 3.63) is 99.6 Å². The molecule has 0 radical (unpaired) electrons. The number of fused-ring (bicyclic) bond motifs is 1. The number of hydrogen-bond acceptors (Lipinski definition) is 4. The van der Waals surface area contributed by atoms with E-state index >= 15 is 0 Å². The van der Waals surface area contributed by atoms with Crippen LogP contribution in [0.25, 0.3) is 0 Å². The first-order valence-corrected chi connectivity index (χ1v) is 14.9. The first kappa shape index (κ1) is 30.5. The lowest BCUT2D eigenvalue weighted by molar-refractivity contribution is -0.130. The van der Waals surface area contributed by atoms with Crippen molar-refractivity contribution >= 4 is 34.9 Å². The molecule has 216 valence electrons. The standard InChI is InChI=1S/C34H40ClN3O3/c1-5-37(6-2)21-20-36(4)32(39)22-27-11-9-19-38(31-18-17-28(35)23-30(27)31)34(41)26-15-13-25(14-16-26)33(40)29-12-8-7-10-24(29)3/h7-8,10,12-18,23,27H,5-6,9,11,19-22H2,1-4H3. The molecule has 0 fully saturated rings. The molecule has 41 heavy (non-hydrogen) atoms. The summed E-state index contributed by atoms with van der Waals surface area (Å²) in [6.07, 6.45) is 1.93. The molecular weight excluding hydrogens is 534 g/mol. The molecule has 3 aromatic carbocycles. The number of anilines is 1. The summed E-state index contributed by atoms with van der Waals surface area (Å²) < 4.78 is 0. The van der Waals surface area contributed by atoms with Crippen molar-refractivity contribution in [2.24, 2.45) is 0 Å². The highest BCUT2D eigenvalue weighted by Crippen LogP contribution is 2.39. The van der Waals surface area contributed by atoms with Crippen LogP contribution in [-0.2, 0) is 4.79 Å². The van der Waals surface area contributed by atoms with Gasteiger partial charge in [-0.25, -0.2) is 0 Å². The number of likely N-dealkylation sites (N-methyl/N-ethyl adjacent to an activating group) is 2. The molecule has 0 spiro atoms. The Labute approximate surface area is 248 Å². The highest BCUT2D eigenvalue weighted by atomic mass is 35.5. The Balaban J connectivity index is 1.52. The number of carbonyl (C=O) groups is 3. The first-order chi connectivity index (χ1) is 19.7. The van der Waals surface area contributed by atoms with Crippen LogP contribution in [0.4, 0.5) is 5.69 Å². The molecule has 0 aromatic heterocycles. The SMILES string of the molecule is CCN(CC)CCN(C)C(=O)CC1CCCN(C(=O)c2ccc(C(=O)c3ccccc3C)cc2)c2ccc(Cl)cc21. The molecule has 4 rings (SSSR count). The number of ketones is 1. The van der Waals surface area contributed by atoms with Gasteiger partial charge in [0, 0.05) is 60.5 Å². The zero-order valence-electron chi connectivity index (χ0n) is 24.5. The molecular formula is C34H40ClN3O3. The summed E-state index contributed by atoms with van der Waals surface area (Å²) in [5, 5.41) is 0.587. The molecule has 1 atom stereocenters. The van der Waals surface area contributed by atoms with Crippen LogP contribution in [0.5, 0.6) is 0 Å². The third kappa shape index (κ3) is 7.24. The van der Waals surface area contributed by atoms with Crippen molar-refractivity contribution in [2.75, 3.05) is 44.7 Å². The normalized spacial score (nSPS) is 14.9. The lowest BCUT2D eigenvalue weighted by Gasteiger charge is -2.26. The number of aryl methyl sites for hydroxylation is 1. The molecule has 7 heteroatoms. The van der Waals surface area contributed by atoms with Crippen LogP contribution in [0.3, 0.4) is 0 Å². The van der Waals surface area contributed by atoms with Crippen LogP contribution in [0, 0.1) is 6.92 Å². The molecule has 2 amide bonds. The van der Waals surface area contributed by atoms with Gasteiger partial charge in [-0.15, -0.1) is 0 Å². The minimum Gasteiger partial charge on any atom is -0.344 e. The summed E-state index contributed by atoms with van der Waals surface area (Å²) >= 11 is 6.43. The van der Waals surface area contributed by atoms with E-state index in [0.29, 0.717) is 41.2 Å². The molecule has 0 bridgehead atoms. The number of benzene rings is 3. The van der Waals surface area contributed by atoms with Crippen LogP contribution < -0.4 is 4.90 Å². The number of carbonyl (C=O) groups excluding carboxylic acids is 3. The maximum absolute atomic E-state index is 13.8. The fraction of sp³-hybridized carbons (Fsp3) is 0.382. The predicted octanol–water partition coefficient (Wildman–Crippen LogP) is 6.59. The minimum atomic E-state index is -0.133. The number of rotatable bonds is 10. The van der Waals surface area contributed by atoms with E-state index in [1.165, 1.54) is 0 Å². The van der Waals surface area contributed by atoms with Crippen molar-refractivity contribution in [3.63, 3.8) is 0 Å². The van der Waals surface area contributed by atoms with Crippen molar-refractivity contribution in [3.8, 4) is 0 Å². The van der Waals surface area contributed by atoms with E-state index in [4.69, 9.17) is 11.6 Å². The van der Waals surface area contributed by atoms with Gasteiger partial charge in [0.05, 0.1) is 0 Å². The second kappa shape index (κ2) is 13.9. The van der Waals surface area contributed by atoms with E-state index in [1.807, 2.05) is 55.3 Å². The number of nitrogens with zero attached hydrogens (tertiary/aromatic N) is 3. The molecule has 0 aliphatic carbocycles. The molecule has 1 aliphatic rings. The highest BCUT2D eigenvalue weighted by Gasteiger charge is 2.29. The van der Waals surface area contributed by atoms with Crippen molar-refractivity contribution < 1.29 is 14.4 Å². The summed E-state index contributed by atoms with van der Waals surface area (Å²) in [6, 6.07) is 20.0. The average Bonchev–Trinajstić information content (AvgIpc) is 3.16. The van der Waals surface area contributed by atoms with Gasteiger partial charge in [-0.1, -0.05) is 61.8 Å². The van der Waals surface area contributed by atoms with Gasteiger partial charge in [-0.2, -0.15) is 0 Å². The smallest absolute Gasteiger partial charge is 0.258 e. The zero-order chi connectivity index (χ0) is 29.5. The van der Waals surface area contributed by atoms with E-state index in [9.17, 15) is 14.4 Å². The highest BCUT2D eigenvalue weighted by molar-refractivity contribution is 6.30. The second-order valence-electron chi connectivity index (χ2n) is 10.8. The number of halogens is 1. The van der Waals surface area contributed by atoms with Gasteiger partial charge in [0.2, 0.25) is 5.91 Å². The van der Waals surface area contributed by atoms with E-state index in [0.717, 1.165) is 49.3 Å². The Kier molecular flexibility index (Phi) is 10.4.